The Morgan fingerprint density at radius 1 is 1.12 bits per heavy atom. The molecule has 1 aliphatic carbocycles. The second-order valence-electron chi connectivity index (χ2n) is 4.71. The van der Waals surface area contributed by atoms with Crippen molar-refractivity contribution < 1.29 is 9.59 Å². The lowest BCUT2D eigenvalue weighted by Crippen LogP contribution is -2.45. The smallest absolute Gasteiger partial charge is 0.234 e. The minimum Gasteiger partial charge on any atom is -0.358 e. The first kappa shape index (κ1) is 14.0. The van der Waals surface area contributed by atoms with Crippen LogP contribution >= 0.6 is 0 Å². The van der Waals surface area contributed by atoms with Gasteiger partial charge in [-0.25, -0.2) is 0 Å². The van der Waals surface area contributed by atoms with E-state index in [-0.39, 0.29) is 24.9 Å². The zero-order valence-corrected chi connectivity index (χ0v) is 10.7. The summed E-state index contributed by atoms with van der Waals surface area (Å²) in [6.45, 7) is 2.57. The SMILES string of the molecule is CNC(=O)CNCC(=O)N[C@@H]1CCCC[C@H]1C. The predicted molar refractivity (Wildman–Crippen MR) is 66.5 cm³/mol. The van der Waals surface area contributed by atoms with E-state index in [9.17, 15) is 9.59 Å². The van der Waals surface area contributed by atoms with E-state index >= 15 is 0 Å². The summed E-state index contributed by atoms with van der Waals surface area (Å²) in [5, 5.41) is 8.34. The maximum absolute atomic E-state index is 11.6. The van der Waals surface area contributed by atoms with Gasteiger partial charge in [-0.2, -0.15) is 0 Å². The van der Waals surface area contributed by atoms with Crippen LogP contribution in [0.15, 0.2) is 0 Å². The summed E-state index contributed by atoms with van der Waals surface area (Å²) in [5.41, 5.74) is 0. The highest BCUT2D eigenvalue weighted by atomic mass is 16.2. The van der Waals surface area contributed by atoms with E-state index in [4.69, 9.17) is 0 Å². The van der Waals surface area contributed by atoms with E-state index in [1.54, 1.807) is 7.05 Å². The second-order valence-corrected chi connectivity index (χ2v) is 4.71. The molecule has 98 valence electrons. The van der Waals surface area contributed by atoms with Crippen LogP contribution in [0.4, 0.5) is 0 Å². The van der Waals surface area contributed by atoms with Crippen molar-refractivity contribution >= 4 is 11.8 Å². The van der Waals surface area contributed by atoms with Gasteiger partial charge in [0.25, 0.3) is 0 Å². The van der Waals surface area contributed by atoms with Crippen molar-refractivity contribution in [2.45, 2.75) is 38.6 Å². The molecule has 1 fully saturated rings. The fourth-order valence-electron chi connectivity index (χ4n) is 2.17. The monoisotopic (exact) mass is 241 g/mol. The van der Waals surface area contributed by atoms with Crippen molar-refractivity contribution in [1.29, 1.82) is 0 Å². The summed E-state index contributed by atoms with van der Waals surface area (Å²) < 4.78 is 0. The number of hydrogen-bond donors (Lipinski definition) is 3. The van der Waals surface area contributed by atoms with Crippen LogP contribution in [0.1, 0.15) is 32.6 Å². The lowest BCUT2D eigenvalue weighted by Gasteiger charge is -2.29. The number of nitrogens with one attached hydrogen (secondary N) is 3. The van der Waals surface area contributed by atoms with Crippen LogP contribution in [0.5, 0.6) is 0 Å². The molecule has 0 radical (unpaired) electrons. The Bertz CT molecular complexity index is 268. The first-order valence-electron chi connectivity index (χ1n) is 6.34. The summed E-state index contributed by atoms with van der Waals surface area (Å²) in [4.78, 5) is 22.6. The molecule has 5 heteroatoms. The predicted octanol–water partition coefficient (Wildman–Crippen LogP) is 0.0169. The number of amides is 2. The number of rotatable bonds is 5. The average Bonchev–Trinajstić information content (AvgIpc) is 2.32. The third-order valence-electron chi connectivity index (χ3n) is 3.31. The van der Waals surface area contributed by atoms with Crippen molar-refractivity contribution in [2.75, 3.05) is 20.1 Å². The molecule has 0 unspecified atom stereocenters. The fourth-order valence-corrected chi connectivity index (χ4v) is 2.17. The molecule has 0 heterocycles. The minimum atomic E-state index is -0.108. The van der Waals surface area contributed by atoms with Crippen molar-refractivity contribution in [3.8, 4) is 0 Å². The van der Waals surface area contributed by atoms with Crippen LogP contribution < -0.4 is 16.0 Å². The summed E-state index contributed by atoms with van der Waals surface area (Å²) in [6.07, 6.45) is 4.72. The van der Waals surface area contributed by atoms with E-state index in [1.165, 1.54) is 19.3 Å². The van der Waals surface area contributed by atoms with E-state index in [0.29, 0.717) is 12.0 Å². The fraction of sp³-hybridized carbons (Fsp3) is 0.833. The summed E-state index contributed by atoms with van der Waals surface area (Å²) in [5.74, 6) is 0.433. The highest BCUT2D eigenvalue weighted by Crippen LogP contribution is 2.23. The summed E-state index contributed by atoms with van der Waals surface area (Å²) in [6, 6.07) is 0.304. The quantitative estimate of drug-likeness (QED) is 0.635. The Hall–Kier alpha value is -1.10. The molecule has 0 aromatic carbocycles. The molecule has 2 atom stereocenters. The molecular formula is C12H23N3O2. The molecular weight excluding hydrogens is 218 g/mol. The van der Waals surface area contributed by atoms with Gasteiger partial charge in [-0.3, -0.25) is 14.9 Å². The minimum absolute atomic E-state index is 0.0207. The molecule has 0 saturated heterocycles. The van der Waals surface area contributed by atoms with Gasteiger partial charge >= 0.3 is 0 Å². The molecule has 0 bridgehead atoms. The van der Waals surface area contributed by atoms with Gasteiger partial charge in [0.2, 0.25) is 11.8 Å². The van der Waals surface area contributed by atoms with Gasteiger partial charge in [-0.15, -0.1) is 0 Å². The van der Waals surface area contributed by atoms with Crippen molar-refractivity contribution in [1.82, 2.24) is 16.0 Å². The highest BCUT2D eigenvalue weighted by Gasteiger charge is 2.22. The maximum Gasteiger partial charge on any atom is 0.234 e. The molecule has 3 N–H and O–H groups in total. The number of likely N-dealkylation sites (N-methyl/N-ethyl adjacent to an activating group) is 1. The lowest BCUT2D eigenvalue weighted by molar-refractivity contribution is -0.122. The van der Waals surface area contributed by atoms with Crippen LogP contribution in [-0.4, -0.2) is 38.0 Å². The highest BCUT2D eigenvalue weighted by molar-refractivity contribution is 5.81. The van der Waals surface area contributed by atoms with Gasteiger partial charge in [0.05, 0.1) is 13.1 Å². The zero-order chi connectivity index (χ0) is 12.7. The van der Waals surface area contributed by atoms with Crippen LogP contribution in [0, 0.1) is 5.92 Å². The first-order valence-corrected chi connectivity index (χ1v) is 6.34. The van der Waals surface area contributed by atoms with Gasteiger partial charge in [0, 0.05) is 13.1 Å². The number of hydrogen-bond acceptors (Lipinski definition) is 3. The van der Waals surface area contributed by atoms with E-state index in [2.05, 4.69) is 22.9 Å². The van der Waals surface area contributed by atoms with Crippen molar-refractivity contribution in [2.24, 2.45) is 5.92 Å². The van der Waals surface area contributed by atoms with Crippen molar-refractivity contribution in [3.05, 3.63) is 0 Å². The normalized spacial score (nSPS) is 24.1. The van der Waals surface area contributed by atoms with Crippen LogP contribution in [-0.2, 0) is 9.59 Å². The topological polar surface area (TPSA) is 70.2 Å². The maximum atomic E-state index is 11.6. The number of carbonyl (C=O) groups excluding carboxylic acids is 2. The van der Waals surface area contributed by atoms with Crippen molar-refractivity contribution in [3.63, 3.8) is 0 Å². The molecule has 0 aromatic rings. The first-order chi connectivity index (χ1) is 8.13. The molecule has 2 amide bonds. The summed E-state index contributed by atoms with van der Waals surface area (Å²) >= 11 is 0. The Morgan fingerprint density at radius 3 is 2.41 bits per heavy atom. The average molecular weight is 241 g/mol. The van der Waals surface area contributed by atoms with Gasteiger partial charge in [-0.05, 0) is 18.8 Å². The Labute approximate surface area is 103 Å². The third-order valence-corrected chi connectivity index (χ3v) is 3.31. The van der Waals surface area contributed by atoms with Gasteiger partial charge < -0.3 is 10.6 Å². The molecule has 17 heavy (non-hydrogen) atoms. The second kappa shape index (κ2) is 7.27. The Kier molecular flexibility index (Phi) is 5.97. The number of carbonyl (C=O) groups is 2. The molecule has 1 rings (SSSR count). The zero-order valence-electron chi connectivity index (χ0n) is 10.7. The van der Waals surface area contributed by atoms with Crippen LogP contribution in [0.3, 0.4) is 0 Å². The van der Waals surface area contributed by atoms with E-state index in [0.717, 1.165) is 6.42 Å². The van der Waals surface area contributed by atoms with Crippen LogP contribution in [0.2, 0.25) is 0 Å². The molecule has 0 aromatic heterocycles. The molecule has 0 spiro atoms. The van der Waals surface area contributed by atoms with Gasteiger partial charge in [-0.1, -0.05) is 19.8 Å². The Balaban J connectivity index is 2.17. The third kappa shape index (κ3) is 5.17. The largest absolute Gasteiger partial charge is 0.358 e. The van der Waals surface area contributed by atoms with Gasteiger partial charge in [0.15, 0.2) is 0 Å². The summed E-state index contributed by atoms with van der Waals surface area (Å²) in [7, 11) is 1.58. The lowest BCUT2D eigenvalue weighted by atomic mass is 9.86. The molecule has 5 nitrogen and oxygen atoms in total. The van der Waals surface area contributed by atoms with E-state index in [1.807, 2.05) is 0 Å². The molecule has 0 aliphatic heterocycles. The standard InChI is InChI=1S/C12H23N3O2/c1-9-5-3-4-6-10(9)15-12(17)8-14-7-11(16)13-2/h9-10,14H,3-8H2,1-2H3,(H,13,16)(H,15,17)/t9-,10-/m1/s1. The molecule has 1 saturated carbocycles. The van der Waals surface area contributed by atoms with Gasteiger partial charge in [0.1, 0.15) is 0 Å². The van der Waals surface area contributed by atoms with Crippen LogP contribution in [0.25, 0.3) is 0 Å². The van der Waals surface area contributed by atoms with E-state index < -0.39 is 0 Å². The Morgan fingerprint density at radius 2 is 1.76 bits per heavy atom. The molecule has 1 aliphatic rings.